The molecule has 7 rings (SSSR count). The van der Waals surface area contributed by atoms with Gasteiger partial charge in [0.1, 0.15) is 35.0 Å². The first-order chi connectivity index (χ1) is 22.5. The molecule has 0 spiro atoms. The van der Waals surface area contributed by atoms with Crippen LogP contribution in [0.2, 0.25) is 0 Å². The van der Waals surface area contributed by atoms with Crippen molar-refractivity contribution in [3.8, 4) is 11.5 Å². The summed E-state index contributed by atoms with van der Waals surface area (Å²) in [5, 5.41) is 14.6. The van der Waals surface area contributed by atoms with Gasteiger partial charge in [-0.3, -0.25) is 14.5 Å². The molecule has 47 heavy (non-hydrogen) atoms. The molecule has 0 saturated carbocycles. The lowest BCUT2D eigenvalue weighted by Crippen LogP contribution is -2.71. The van der Waals surface area contributed by atoms with Crippen molar-refractivity contribution in [2.75, 3.05) is 18.0 Å². The summed E-state index contributed by atoms with van der Waals surface area (Å²) >= 11 is 1.31. The van der Waals surface area contributed by atoms with Crippen LogP contribution in [-0.2, 0) is 20.8 Å². The molecule has 242 valence electrons. The van der Waals surface area contributed by atoms with Gasteiger partial charge in [0.2, 0.25) is 11.8 Å². The largest absolute Gasteiger partial charge is 0.480 e. The Labute approximate surface area is 275 Å². The normalized spacial score (nSPS) is 22.8. The third kappa shape index (κ3) is 5.05. The number of imide groups is 1. The number of urea groups is 2. The second-order valence-corrected chi connectivity index (χ2v) is 14.3. The molecule has 13 heteroatoms. The molecule has 3 N–H and O–H groups in total. The zero-order valence-corrected chi connectivity index (χ0v) is 26.7. The number of benzene rings is 3. The molecule has 0 aliphatic carbocycles. The van der Waals surface area contributed by atoms with Crippen molar-refractivity contribution >= 4 is 47.3 Å². The van der Waals surface area contributed by atoms with Gasteiger partial charge in [-0.05, 0) is 49.6 Å². The van der Waals surface area contributed by atoms with Gasteiger partial charge in [0.15, 0.2) is 0 Å². The first kappa shape index (κ1) is 30.6. The predicted molar refractivity (Wildman–Crippen MR) is 173 cm³/mol. The fourth-order valence-corrected chi connectivity index (χ4v) is 8.52. The van der Waals surface area contributed by atoms with Crippen molar-refractivity contribution in [2.24, 2.45) is 0 Å². The second-order valence-electron chi connectivity index (χ2n) is 12.6. The van der Waals surface area contributed by atoms with Crippen molar-refractivity contribution in [3.63, 3.8) is 0 Å². The fraction of sp³-hybridized carbons (Fsp3) is 0.324. The van der Waals surface area contributed by atoms with Crippen LogP contribution in [0.4, 0.5) is 15.3 Å². The van der Waals surface area contributed by atoms with Crippen LogP contribution in [0.15, 0.2) is 66.7 Å². The number of carbonyl (C=O) groups is 5. The lowest BCUT2D eigenvalue weighted by molar-refractivity contribution is -0.161. The van der Waals surface area contributed by atoms with Gasteiger partial charge in [0.25, 0.3) is 0 Å². The van der Waals surface area contributed by atoms with E-state index < -0.39 is 58.1 Å². The number of hydrogen-bond donors (Lipinski definition) is 3. The van der Waals surface area contributed by atoms with E-state index >= 15 is 0 Å². The fourth-order valence-electron chi connectivity index (χ4n) is 6.90. The van der Waals surface area contributed by atoms with Crippen molar-refractivity contribution in [1.82, 2.24) is 20.4 Å². The first-order valence-electron chi connectivity index (χ1n) is 15.3. The number of ether oxygens (including phenoxy) is 1. The molecule has 0 radical (unpaired) electrons. The number of β-lactam (4-membered cyclic amide) rings is 1. The van der Waals surface area contributed by atoms with Crippen LogP contribution < -0.4 is 20.3 Å². The van der Waals surface area contributed by atoms with E-state index in [1.54, 1.807) is 49.1 Å². The summed E-state index contributed by atoms with van der Waals surface area (Å²) in [7, 11) is 0. The summed E-state index contributed by atoms with van der Waals surface area (Å²) in [5.41, 5.74) is 3.87. The number of thioether (sulfide) groups is 1. The highest BCUT2D eigenvalue weighted by atomic mass is 32.2. The Hall–Kier alpha value is -5.04. The van der Waals surface area contributed by atoms with Gasteiger partial charge in [-0.1, -0.05) is 54.6 Å². The minimum atomic E-state index is -1.22. The van der Waals surface area contributed by atoms with Crippen LogP contribution in [0, 0.1) is 6.92 Å². The maximum absolute atomic E-state index is 13.8. The minimum absolute atomic E-state index is 0.0921. The van der Waals surface area contributed by atoms with Gasteiger partial charge >= 0.3 is 18.0 Å². The maximum Gasteiger partial charge on any atom is 0.332 e. The lowest BCUT2D eigenvalue weighted by Gasteiger charge is -2.44. The van der Waals surface area contributed by atoms with E-state index in [2.05, 4.69) is 10.6 Å². The van der Waals surface area contributed by atoms with Crippen molar-refractivity contribution in [2.45, 2.75) is 55.4 Å². The molecule has 4 aliphatic heterocycles. The molecule has 1 unspecified atom stereocenters. The van der Waals surface area contributed by atoms with E-state index in [4.69, 9.17) is 4.74 Å². The van der Waals surface area contributed by atoms with Crippen LogP contribution in [0.5, 0.6) is 11.5 Å². The maximum atomic E-state index is 13.8. The van der Waals surface area contributed by atoms with Gasteiger partial charge in [-0.2, -0.15) is 0 Å². The monoisotopic (exact) mass is 655 g/mol. The number of carboxylic acid groups (broad SMARTS) is 1. The number of fused-ring (bicyclic) bond motifs is 3. The summed E-state index contributed by atoms with van der Waals surface area (Å²) in [4.78, 5) is 70.2. The van der Waals surface area contributed by atoms with Crippen LogP contribution in [0.1, 0.15) is 42.1 Å². The highest BCUT2D eigenvalue weighted by molar-refractivity contribution is 8.01. The molecule has 4 heterocycles. The Morgan fingerprint density at radius 2 is 1.70 bits per heavy atom. The molecule has 3 fully saturated rings. The zero-order chi connectivity index (χ0) is 33.2. The molecule has 0 aromatic heterocycles. The molecule has 3 saturated heterocycles. The molecule has 4 aliphatic rings. The summed E-state index contributed by atoms with van der Waals surface area (Å²) in [6.45, 7) is 5.76. The summed E-state index contributed by atoms with van der Waals surface area (Å²) in [6.07, 6.45) is 0.565. The summed E-state index contributed by atoms with van der Waals surface area (Å²) in [5.74, 6) is -0.826. The quantitative estimate of drug-likeness (QED) is 0.264. The van der Waals surface area contributed by atoms with E-state index in [0.717, 1.165) is 27.3 Å². The van der Waals surface area contributed by atoms with Gasteiger partial charge in [0, 0.05) is 23.3 Å². The van der Waals surface area contributed by atoms with Crippen LogP contribution in [-0.4, -0.2) is 80.0 Å². The van der Waals surface area contributed by atoms with Gasteiger partial charge in [-0.15, -0.1) is 11.8 Å². The smallest absolute Gasteiger partial charge is 0.332 e. The van der Waals surface area contributed by atoms with E-state index in [0.29, 0.717) is 23.4 Å². The minimum Gasteiger partial charge on any atom is -0.480 e. The highest BCUT2D eigenvalue weighted by Gasteiger charge is 2.64. The molecule has 4 atom stereocenters. The number of carboxylic acids is 1. The Balaban J connectivity index is 1.09. The number of anilines is 1. The number of carbonyl (C=O) groups excluding carboxylic acids is 4. The van der Waals surface area contributed by atoms with Crippen molar-refractivity contribution in [3.05, 3.63) is 89.0 Å². The van der Waals surface area contributed by atoms with Crippen LogP contribution in [0.3, 0.4) is 0 Å². The molecule has 3 aromatic carbocycles. The standard InChI is InChI=1S/C34H33N5O7S/c1-18-13-14-23-21(17-20-11-7-8-12-22(20)46-23)26(18)37-15-16-38(33(37)45)32(44)36-24(19-9-5-4-6-10-19)28(40)35-25-29(41)39-27(31(42)43)34(2,3)47-30(25)39/h4-14,24-25,27,30H,15-17H2,1-3H3,(H,35,40)(H,36,44)(H,42,43)/t24?,25-,27-,30-/m1/s1. The second kappa shape index (κ2) is 11.3. The zero-order valence-electron chi connectivity index (χ0n) is 25.9. The highest BCUT2D eigenvalue weighted by Crippen LogP contribution is 2.51. The molecule has 12 nitrogen and oxygen atoms in total. The molecular formula is C34H33N5O7S. The number of nitrogens with one attached hydrogen (secondary N) is 2. The molecule has 0 bridgehead atoms. The number of aliphatic carboxylic acids is 1. The molecule has 6 amide bonds. The SMILES string of the molecule is Cc1ccc2c(c1N1CCN(C(=O)NC(C(=O)N[C@@H]3C(=O)N4[C@@H]3SC(C)(C)[C@H]4C(=O)O)c3ccccc3)C1=O)Cc1ccccc1O2. The third-order valence-electron chi connectivity index (χ3n) is 9.16. The Morgan fingerprint density at radius 3 is 2.45 bits per heavy atom. The average Bonchev–Trinajstić information content (AvgIpc) is 3.55. The molecule has 3 aromatic rings. The van der Waals surface area contributed by atoms with Gasteiger partial charge < -0.3 is 25.4 Å². The Morgan fingerprint density at radius 1 is 0.979 bits per heavy atom. The van der Waals surface area contributed by atoms with Crippen molar-refractivity contribution < 1.29 is 33.8 Å². The third-order valence-corrected chi connectivity index (χ3v) is 10.7. The Kier molecular flexibility index (Phi) is 7.38. The number of aryl methyl sites for hydroxylation is 1. The van der Waals surface area contributed by atoms with Crippen LogP contribution in [0.25, 0.3) is 0 Å². The molecular weight excluding hydrogens is 622 g/mol. The lowest BCUT2D eigenvalue weighted by atomic mass is 9.95. The summed E-state index contributed by atoms with van der Waals surface area (Å²) < 4.78 is 5.39. The van der Waals surface area contributed by atoms with E-state index in [1.165, 1.54) is 16.7 Å². The number of para-hydroxylation sites is 1. The number of rotatable bonds is 6. The Bertz CT molecular complexity index is 1830. The summed E-state index contributed by atoms with van der Waals surface area (Å²) in [6, 6.07) is 15.6. The first-order valence-corrected chi connectivity index (χ1v) is 16.2. The van der Waals surface area contributed by atoms with E-state index in [1.807, 2.05) is 43.3 Å². The topological polar surface area (TPSA) is 149 Å². The number of amides is 6. The van der Waals surface area contributed by atoms with Gasteiger partial charge in [0.05, 0.1) is 12.2 Å². The van der Waals surface area contributed by atoms with Crippen molar-refractivity contribution in [1.29, 1.82) is 0 Å². The van der Waals surface area contributed by atoms with Crippen LogP contribution >= 0.6 is 11.8 Å². The number of nitrogens with zero attached hydrogens (tertiary/aromatic N) is 3. The van der Waals surface area contributed by atoms with Gasteiger partial charge in [-0.25, -0.2) is 19.3 Å². The van der Waals surface area contributed by atoms with E-state index in [9.17, 15) is 29.1 Å². The number of hydrogen-bond acceptors (Lipinski definition) is 7. The van der Waals surface area contributed by atoms with E-state index in [-0.39, 0.29) is 13.1 Å². The average molecular weight is 656 g/mol. The predicted octanol–water partition coefficient (Wildman–Crippen LogP) is 4.02.